The predicted molar refractivity (Wildman–Crippen MR) is 48.2 cm³/mol. The molecule has 0 atom stereocenters. The molecule has 4 nitrogen and oxygen atoms in total. The first-order valence-corrected chi connectivity index (χ1v) is 3.88. The van der Waals surface area contributed by atoms with E-state index in [9.17, 15) is 0 Å². The van der Waals surface area contributed by atoms with Crippen LogP contribution in [0.4, 0.5) is 0 Å². The van der Waals surface area contributed by atoms with E-state index in [0.29, 0.717) is 0 Å². The number of rotatable bonds is 5. The van der Waals surface area contributed by atoms with E-state index < -0.39 is 20.7 Å². The average molecular weight is 182 g/mol. The molecule has 0 saturated heterocycles. The van der Waals surface area contributed by atoms with Crippen molar-refractivity contribution in [3.63, 3.8) is 0 Å². The molecule has 0 spiro atoms. The quantitative estimate of drug-likeness (QED) is 0.467. The van der Waals surface area contributed by atoms with Gasteiger partial charge in [-0.05, 0) is 5.46 Å². The molecule has 13 heavy (non-hydrogen) atoms. The van der Waals surface area contributed by atoms with Gasteiger partial charge in [-0.1, -0.05) is 30.3 Å². The predicted octanol–water partition coefficient (Wildman–Crippen LogP) is -0.685. The van der Waals surface area contributed by atoms with E-state index >= 15 is 0 Å². The van der Waals surface area contributed by atoms with Crippen LogP contribution < -0.4 is 5.46 Å². The summed E-state index contributed by atoms with van der Waals surface area (Å²) < 4.78 is 9.68. The smallest absolute Gasteiger partial charge is 0.384 e. The molecule has 0 unspecified atom stereocenters. The Kier molecular flexibility index (Phi) is 4.49. The van der Waals surface area contributed by atoms with Crippen molar-refractivity contribution in [2.24, 2.45) is 0 Å². The molecule has 0 radical (unpaired) electrons. The van der Waals surface area contributed by atoms with E-state index in [1.54, 1.807) is 12.1 Å². The summed E-state index contributed by atoms with van der Waals surface area (Å²) >= 11 is 0. The first-order chi connectivity index (χ1) is 6.38. The summed E-state index contributed by atoms with van der Waals surface area (Å²) in [5, 5.41) is 17.1. The number of aliphatic hydroxyl groups excluding tert-OH is 2. The Balaban J connectivity index is 2.64. The number of hydrogen-bond donors (Lipinski definition) is 2. The zero-order valence-electron chi connectivity index (χ0n) is 7.09. The Hall–Kier alpha value is -0.875. The highest BCUT2D eigenvalue weighted by Crippen LogP contribution is 1.91. The van der Waals surface area contributed by atoms with Crippen molar-refractivity contribution in [3.05, 3.63) is 30.3 Å². The van der Waals surface area contributed by atoms with Gasteiger partial charge in [-0.15, -0.1) is 0 Å². The first-order valence-electron chi connectivity index (χ1n) is 3.88. The van der Waals surface area contributed by atoms with Crippen LogP contribution in [0.2, 0.25) is 0 Å². The second kappa shape index (κ2) is 5.72. The lowest BCUT2D eigenvalue weighted by Crippen LogP contribution is -2.37. The van der Waals surface area contributed by atoms with E-state index in [4.69, 9.17) is 19.5 Å². The Labute approximate surface area is 76.9 Å². The van der Waals surface area contributed by atoms with Crippen LogP contribution in [0.25, 0.3) is 0 Å². The molecule has 0 aromatic heterocycles. The van der Waals surface area contributed by atoms with E-state index in [-0.39, 0.29) is 0 Å². The summed E-state index contributed by atoms with van der Waals surface area (Å²) in [6.07, 6.45) is 0. The molecule has 2 N–H and O–H groups in total. The molecule has 1 aromatic rings. The second-order valence-corrected chi connectivity index (χ2v) is 2.33. The van der Waals surface area contributed by atoms with Crippen molar-refractivity contribution in [2.75, 3.05) is 13.6 Å². The SMILES string of the molecule is OCOB(OCO)c1ccccc1. The van der Waals surface area contributed by atoms with Crippen LogP contribution in [0.15, 0.2) is 30.3 Å². The van der Waals surface area contributed by atoms with Gasteiger partial charge in [-0.2, -0.15) is 0 Å². The molecule has 1 aromatic carbocycles. The van der Waals surface area contributed by atoms with E-state index in [2.05, 4.69) is 0 Å². The molecule has 1 rings (SSSR count). The lowest BCUT2D eigenvalue weighted by Gasteiger charge is -2.10. The molecule has 70 valence electrons. The Morgan fingerprint density at radius 3 is 2.00 bits per heavy atom. The Bertz CT molecular complexity index is 223. The van der Waals surface area contributed by atoms with Gasteiger partial charge in [-0.3, -0.25) is 0 Å². The fourth-order valence-electron chi connectivity index (χ4n) is 0.986. The molecule has 0 saturated carbocycles. The molecule has 0 aliphatic carbocycles. The maximum absolute atomic E-state index is 8.54. The molecule has 0 fully saturated rings. The van der Waals surface area contributed by atoms with Crippen LogP contribution in [0.1, 0.15) is 0 Å². The summed E-state index contributed by atoms with van der Waals surface area (Å²) in [4.78, 5) is 0. The van der Waals surface area contributed by atoms with Crippen LogP contribution in [0, 0.1) is 0 Å². The van der Waals surface area contributed by atoms with Gasteiger partial charge < -0.3 is 19.5 Å². The van der Waals surface area contributed by atoms with Gasteiger partial charge in [-0.25, -0.2) is 0 Å². The number of benzene rings is 1. The van der Waals surface area contributed by atoms with Gasteiger partial charge in [0.1, 0.15) is 13.6 Å². The topological polar surface area (TPSA) is 58.9 Å². The normalized spacial score (nSPS) is 10.0. The van der Waals surface area contributed by atoms with Gasteiger partial charge >= 0.3 is 7.12 Å². The van der Waals surface area contributed by atoms with Crippen LogP contribution in [-0.2, 0) is 9.31 Å². The molecule has 0 aliphatic rings. The maximum Gasteiger partial charge on any atom is 0.497 e. The van der Waals surface area contributed by atoms with Gasteiger partial charge in [0.25, 0.3) is 0 Å². The molecule has 0 amide bonds. The van der Waals surface area contributed by atoms with Crippen molar-refractivity contribution < 1.29 is 19.5 Å². The first kappa shape index (κ1) is 10.2. The number of aliphatic hydroxyl groups is 2. The Morgan fingerprint density at radius 2 is 1.54 bits per heavy atom. The third kappa shape index (κ3) is 3.16. The minimum atomic E-state index is -0.712. The van der Waals surface area contributed by atoms with Crippen LogP contribution in [0.3, 0.4) is 0 Å². The maximum atomic E-state index is 8.54. The monoisotopic (exact) mass is 182 g/mol. The largest absolute Gasteiger partial charge is 0.497 e. The third-order valence-electron chi connectivity index (χ3n) is 1.52. The van der Waals surface area contributed by atoms with Gasteiger partial charge in [0, 0.05) is 0 Å². The van der Waals surface area contributed by atoms with Gasteiger partial charge in [0.05, 0.1) is 0 Å². The van der Waals surface area contributed by atoms with E-state index in [1.165, 1.54) is 0 Å². The van der Waals surface area contributed by atoms with Crippen LogP contribution in [-0.4, -0.2) is 30.9 Å². The minimum Gasteiger partial charge on any atom is -0.384 e. The number of hydrogen-bond acceptors (Lipinski definition) is 4. The fraction of sp³-hybridized carbons (Fsp3) is 0.250. The van der Waals surface area contributed by atoms with Crippen molar-refractivity contribution >= 4 is 12.6 Å². The molecule has 0 heterocycles. The van der Waals surface area contributed by atoms with Crippen molar-refractivity contribution in [3.8, 4) is 0 Å². The summed E-state index contributed by atoms with van der Waals surface area (Å²) in [6, 6.07) is 9.08. The van der Waals surface area contributed by atoms with Crippen LogP contribution in [0.5, 0.6) is 0 Å². The van der Waals surface area contributed by atoms with Crippen LogP contribution >= 0.6 is 0 Å². The lowest BCUT2D eigenvalue weighted by molar-refractivity contribution is 0.0332. The summed E-state index contributed by atoms with van der Waals surface area (Å²) in [7, 11) is -0.712. The summed E-state index contributed by atoms with van der Waals surface area (Å²) in [5.41, 5.74) is 0.755. The molecular weight excluding hydrogens is 171 g/mol. The zero-order chi connectivity index (χ0) is 9.52. The third-order valence-corrected chi connectivity index (χ3v) is 1.52. The second-order valence-electron chi connectivity index (χ2n) is 2.33. The molecule has 0 aliphatic heterocycles. The fourth-order valence-corrected chi connectivity index (χ4v) is 0.986. The highest BCUT2D eigenvalue weighted by molar-refractivity contribution is 6.61. The standard InChI is InChI=1S/C8H11BO4/c10-6-12-9(13-7-11)8-4-2-1-3-5-8/h1-5,10-11H,6-7H2. The zero-order valence-corrected chi connectivity index (χ0v) is 7.09. The minimum absolute atomic E-state index is 0.445. The van der Waals surface area contributed by atoms with Crippen molar-refractivity contribution in [1.82, 2.24) is 0 Å². The Morgan fingerprint density at radius 1 is 1.00 bits per heavy atom. The highest BCUT2D eigenvalue weighted by atomic mass is 16.7. The van der Waals surface area contributed by atoms with Crippen molar-refractivity contribution in [1.29, 1.82) is 0 Å². The van der Waals surface area contributed by atoms with Crippen molar-refractivity contribution in [2.45, 2.75) is 0 Å². The van der Waals surface area contributed by atoms with Gasteiger partial charge in [0.15, 0.2) is 0 Å². The van der Waals surface area contributed by atoms with Gasteiger partial charge in [0.2, 0.25) is 0 Å². The lowest BCUT2D eigenvalue weighted by atomic mass is 9.79. The summed E-state index contributed by atoms with van der Waals surface area (Å²) in [6.45, 7) is -0.890. The average Bonchev–Trinajstić information content (AvgIpc) is 2.19. The molecular formula is C8H11BO4. The highest BCUT2D eigenvalue weighted by Gasteiger charge is 2.19. The molecule has 5 heteroatoms. The van der Waals surface area contributed by atoms with E-state index in [0.717, 1.165) is 5.46 Å². The van der Waals surface area contributed by atoms with E-state index in [1.807, 2.05) is 18.2 Å². The molecule has 0 bridgehead atoms. The summed E-state index contributed by atoms with van der Waals surface area (Å²) in [5.74, 6) is 0.